The number of nitrogens with zero attached hydrogens (tertiary/aromatic N) is 4. The molecule has 27 heavy (non-hydrogen) atoms. The highest BCUT2D eigenvalue weighted by Crippen LogP contribution is 2.30. The standard InChI is InChI=1S/C20H19N5O2/c1-24-12-15(17-11-22-19-16(23-17)4-5-21-19)14-10-13(2-3-18(14)24)20(26)25-6-8-27-9-7-25/h2-5,10-12H,6-9H2,1H3,(H,21,22). The highest BCUT2D eigenvalue weighted by Gasteiger charge is 2.20. The first-order chi connectivity index (χ1) is 13.2. The first-order valence-electron chi connectivity index (χ1n) is 8.97. The zero-order valence-corrected chi connectivity index (χ0v) is 15.0. The largest absolute Gasteiger partial charge is 0.378 e. The lowest BCUT2D eigenvalue weighted by molar-refractivity contribution is 0.0303. The van der Waals surface area contributed by atoms with Crippen LogP contribution in [0.4, 0.5) is 0 Å². The summed E-state index contributed by atoms with van der Waals surface area (Å²) in [6.07, 6.45) is 5.64. The number of amides is 1. The van der Waals surface area contributed by atoms with Crippen molar-refractivity contribution in [3.8, 4) is 11.3 Å². The quantitative estimate of drug-likeness (QED) is 0.595. The van der Waals surface area contributed by atoms with Crippen LogP contribution >= 0.6 is 0 Å². The number of ether oxygens (including phenoxy) is 1. The summed E-state index contributed by atoms with van der Waals surface area (Å²) in [6, 6.07) is 7.76. The molecular weight excluding hydrogens is 342 g/mol. The van der Waals surface area contributed by atoms with Crippen LogP contribution in [0, 0.1) is 0 Å². The topological polar surface area (TPSA) is 76.0 Å². The predicted molar refractivity (Wildman–Crippen MR) is 103 cm³/mol. The molecule has 1 aliphatic rings. The van der Waals surface area contributed by atoms with Gasteiger partial charge in [-0.15, -0.1) is 0 Å². The van der Waals surface area contributed by atoms with Crippen LogP contribution in [-0.4, -0.2) is 56.6 Å². The molecule has 136 valence electrons. The van der Waals surface area contributed by atoms with Gasteiger partial charge in [-0.25, -0.2) is 9.97 Å². The number of aromatic amines is 1. The van der Waals surface area contributed by atoms with Crippen LogP contribution in [0.2, 0.25) is 0 Å². The molecule has 5 rings (SSSR count). The van der Waals surface area contributed by atoms with Crippen molar-refractivity contribution in [1.82, 2.24) is 24.4 Å². The summed E-state index contributed by atoms with van der Waals surface area (Å²) in [5.74, 6) is 0.0437. The monoisotopic (exact) mass is 361 g/mol. The van der Waals surface area contributed by atoms with E-state index in [-0.39, 0.29) is 5.91 Å². The normalized spacial score (nSPS) is 14.9. The summed E-state index contributed by atoms with van der Waals surface area (Å²) in [7, 11) is 2.00. The third-order valence-electron chi connectivity index (χ3n) is 5.07. The van der Waals surface area contributed by atoms with Gasteiger partial charge in [-0.2, -0.15) is 0 Å². The fraction of sp³-hybridized carbons (Fsp3) is 0.250. The fourth-order valence-corrected chi connectivity index (χ4v) is 3.64. The Labute approximate surface area is 155 Å². The Morgan fingerprint density at radius 2 is 2.07 bits per heavy atom. The lowest BCUT2D eigenvalue weighted by Crippen LogP contribution is -2.40. The van der Waals surface area contributed by atoms with E-state index in [2.05, 4.69) is 14.5 Å². The van der Waals surface area contributed by atoms with Crippen LogP contribution in [0.5, 0.6) is 0 Å². The molecular formula is C20H19N5O2. The molecule has 1 amide bonds. The van der Waals surface area contributed by atoms with E-state index in [9.17, 15) is 4.79 Å². The molecule has 4 heterocycles. The van der Waals surface area contributed by atoms with Gasteiger partial charge in [0.15, 0.2) is 5.65 Å². The fourth-order valence-electron chi connectivity index (χ4n) is 3.64. The molecule has 0 aliphatic carbocycles. The molecule has 1 fully saturated rings. The summed E-state index contributed by atoms with van der Waals surface area (Å²) in [4.78, 5) is 26.9. The molecule has 7 heteroatoms. The van der Waals surface area contributed by atoms with Crippen LogP contribution in [0.1, 0.15) is 10.4 Å². The lowest BCUT2D eigenvalue weighted by atomic mass is 10.1. The van der Waals surface area contributed by atoms with Gasteiger partial charge in [-0.3, -0.25) is 4.79 Å². The van der Waals surface area contributed by atoms with Gasteiger partial charge in [0, 0.05) is 54.6 Å². The minimum absolute atomic E-state index is 0.0437. The zero-order chi connectivity index (χ0) is 18.4. The number of aromatic nitrogens is 4. The molecule has 1 saturated heterocycles. The van der Waals surface area contributed by atoms with Gasteiger partial charge < -0.3 is 19.2 Å². The smallest absolute Gasteiger partial charge is 0.254 e. The highest BCUT2D eigenvalue weighted by molar-refractivity contribution is 6.02. The van der Waals surface area contributed by atoms with Gasteiger partial charge in [-0.1, -0.05) is 0 Å². The van der Waals surface area contributed by atoms with Crippen molar-refractivity contribution in [3.05, 3.63) is 48.4 Å². The number of carbonyl (C=O) groups is 1. The molecule has 0 spiro atoms. The van der Waals surface area contributed by atoms with Crippen molar-refractivity contribution < 1.29 is 9.53 Å². The van der Waals surface area contributed by atoms with Gasteiger partial charge in [-0.05, 0) is 24.3 Å². The van der Waals surface area contributed by atoms with Crippen molar-refractivity contribution in [3.63, 3.8) is 0 Å². The first kappa shape index (κ1) is 16.0. The Kier molecular flexibility index (Phi) is 3.68. The van der Waals surface area contributed by atoms with Crippen molar-refractivity contribution in [2.75, 3.05) is 26.3 Å². The van der Waals surface area contributed by atoms with Gasteiger partial charge in [0.05, 0.1) is 25.1 Å². The molecule has 1 N–H and O–H groups in total. The third kappa shape index (κ3) is 2.67. The molecule has 3 aromatic heterocycles. The number of hydrogen-bond donors (Lipinski definition) is 1. The number of hydrogen-bond acceptors (Lipinski definition) is 4. The van der Waals surface area contributed by atoms with E-state index < -0.39 is 0 Å². The summed E-state index contributed by atoms with van der Waals surface area (Å²) in [5.41, 5.74) is 5.10. The summed E-state index contributed by atoms with van der Waals surface area (Å²) in [6.45, 7) is 2.45. The van der Waals surface area contributed by atoms with Gasteiger partial charge >= 0.3 is 0 Å². The maximum absolute atomic E-state index is 12.9. The number of aryl methyl sites for hydroxylation is 1. The second-order valence-electron chi connectivity index (χ2n) is 6.76. The molecule has 1 aliphatic heterocycles. The molecule has 0 unspecified atom stereocenters. The Balaban J connectivity index is 1.61. The van der Waals surface area contributed by atoms with Crippen LogP contribution in [0.25, 0.3) is 33.3 Å². The number of benzene rings is 1. The van der Waals surface area contributed by atoms with E-state index in [4.69, 9.17) is 9.72 Å². The van der Waals surface area contributed by atoms with E-state index in [0.717, 1.165) is 33.3 Å². The minimum atomic E-state index is 0.0437. The van der Waals surface area contributed by atoms with Crippen LogP contribution in [0.3, 0.4) is 0 Å². The second-order valence-corrected chi connectivity index (χ2v) is 6.76. The molecule has 0 saturated carbocycles. The van der Waals surface area contributed by atoms with E-state index in [1.165, 1.54) is 0 Å². The highest BCUT2D eigenvalue weighted by atomic mass is 16.5. The van der Waals surface area contributed by atoms with Crippen molar-refractivity contribution in [2.24, 2.45) is 7.05 Å². The molecule has 0 bridgehead atoms. The van der Waals surface area contributed by atoms with E-state index in [1.54, 1.807) is 6.20 Å². The number of H-pyrrole nitrogens is 1. The van der Waals surface area contributed by atoms with Gasteiger partial charge in [0.2, 0.25) is 0 Å². The van der Waals surface area contributed by atoms with Gasteiger partial charge in [0.1, 0.15) is 5.52 Å². The minimum Gasteiger partial charge on any atom is -0.378 e. The SMILES string of the molecule is Cn1cc(-c2cnc3[nH]ccc3n2)c2cc(C(=O)N3CCOCC3)ccc21. The number of morpholine rings is 1. The number of fused-ring (bicyclic) bond motifs is 2. The summed E-state index contributed by atoms with van der Waals surface area (Å²) in [5, 5.41) is 1.00. The number of nitrogens with one attached hydrogen (secondary N) is 1. The van der Waals surface area contributed by atoms with E-state index in [0.29, 0.717) is 31.9 Å². The molecule has 7 nitrogen and oxygen atoms in total. The van der Waals surface area contributed by atoms with Gasteiger partial charge in [0.25, 0.3) is 5.91 Å². The predicted octanol–water partition coefficient (Wildman–Crippen LogP) is 2.59. The van der Waals surface area contributed by atoms with Crippen LogP contribution in [0.15, 0.2) is 42.9 Å². The molecule has 4 aromatic rings. The maximum Gasteiger partial charge on any atom is 0.254 e. The number of carbonyl (C=O) groups excluding carboxylic acids is 1. The lowest BCUT2D eigenvalue weighted by Gasteiger charge is -2.26. The Hall–Kier alpha value is -3.19. The van der Waals surface area contributed by atoms with E-state index >= 15 is 0 Å². The summed E-state index contributed by atoms with van der Waals surface area (Å²) < 4.78 is 7.40. The Morgan fingerprint density at radius 3 is 2.93 bits per heavy atom. The summed E-state index contributed by atoms with van der Waals surface area (Å²) >= 11 is 0. The third-order valence-corrected chi connectivity index (χ3v) is 5.07. The van der Waals surface area contributed by atoms with Crippen LogP contribution < -0.4 is 0 Å². The Bertz CT molecular complexity index is 1150. The average molecular weight is 361 g/mol. The van der Waals surface area contributed by atoms with Crippen molar-refractivity contribution in [1.29, 1.82) is 0 Å². The molecule has 0 atom stereocenters. The van der Waals surface area contributed by atoms with Crippen molar-refractivity contribution in [2.45, 2.75) is 0 Å². The maximum atomic E-state index is 12.9. The number of rotatable bonds is 2. The zero-order valence-electron chi connectivity index (χ0n) is 15.0. The Morgan fingerprint density at radius 1 is 1.22 bits per heavy atom. The second kappa shape index (κ2) is 6.21. The molecule has 0 radical (unpaired) electrons. The molecule has 1 aromatic carbocycles. The van der Waals surface area contributed by atoms with Crippen LogP contribution in [-0.2, 0) is 11.8 Å². The average Bonchev–Trinajstić information content (AvgIpc) is 3.31. The first-order valence-corrected chi connectivity index (χ1v) is 8.97. The van der Waals surface area contributed by atoms with E-state index in [1.807, 2.05) is 48.6 Å². The van der Waals surface area contributed by atoms with Crippen molar-refractivity contribution >= 4 is 28.0 Å².